The van der Waals surface area contributed by atoms with Gasteiger partial charge >= 0.3 is 0 Å². The maximum atomic E-state index is 3.78. The Labute approximate surface area is 133 Å². The van der Waals surface area contributed by atoms with Crippen molar-refractivity contribution in [2.24, 2.45) is 0 Å². The lowest BCUT2D eigenvalue weighted by Crippen LogP contribution is -2.22. The summed E-state index contributed by atoms with van der Waals surface area (Å²) in [4.78, 5) is 0. The van der Waals surface area contributed by atoms with Gasteiger partial charge in [-0.3, -0.25) is 0 Å². The summed E-state index contributed by atoms with van der Waals surface area (Å²) in [5, 5.41) is 3.69. The van der Waals surface area contributed by atoms with E-state index < -0.39 is 0 Å². The van der Waals surface area contributed by atoms with Crippen molar-refractivity contribution in [1.82, 2.24) is 5.32 Å². The van der Waals surface area contributed by atoms with Crippen LogP contribution in [-0.2, 0) is 0 Å². The lowest BCUT2D eigenvalue weighted by molar-refractivity contribution is 0.470. The molecule has 0 bridgehead atoms. The summed E-state index contributed by atoms with van der Waals surface area (Å²) < 4.78 is 1.26. The van der Waals surface area contributed by atoms with Gasteiger partial charge in [-0.2, -0.15) is 0 Å². The maximum Gasteiger partial charge on any atom is 0.0331 e. The second kappa shape index (κ2) is 10.2. The SMILES string of the molecule is C=CCCCCCC(NCCC)c1cccc(C)c1Br. The van der Waals surface area contributed by atoms with E-state index in [1.54, 1.807) is 0 Å². The third-order valence-electron chi connectivity index (χ3n) is 3.64. The number of hydrogen-bond acceptors (Lipinski definition) is 1. The summed E-state index contributed by atoms with van der Waals surface area (Å²) in [6.45, 7) is 9.25. The summed E-state index contributed by atoms with van der Waals surface area (Å²) in [6, 6.07) is 7.03. The fourth-order valence-corrected chi connectivity index (χ4v) is 2.98. The molecule has 0 saturated carbocycles. The van der Waals surface area contributed by atoms with Crippen LogP contribution < -0.4 is 5.32 Å². The van der Waals surface area contributed by atoms with Crippen molar-refractivity contribution >= 4 is 15.9 Å². The predicted octanol–water partition coefficient (Wildman–Crippen LogP) is 5.93. The molecule has 0 saturated heterocycles. The zero-order chi connectivity index (χ0) is 14.8. The molecule has 2 heteroatoms. The van der Waals surface area contributed by atoms with Gasteiger partial charge in [-0.15, -0.1) is 6.58 Å². The Bertz CT molecular complexity index is 400. The van der Waals surface area contributed by atoms with Gasteiger partial charge in [-0.25, -0.2) is 0 Å². The van der Waals surface area contributed by atoms with Crippen LogP contribution in [-0.4, -0.2) is 6.54 Å². The zero-order valence-corrected chi connectivity index (χ0v) is 14.5. The average Bonchev–Trinajstić information content (AvgIpc) is 2.45. The van der Waals surface area contributed by atoms with Crippen molar-refractivity contribution in [3.63, 3.8) is 0 Å². The highest BCUT2D eigenvalue weighted by molar-refractivity contribution is 9.10. The van der Waals surface area contributed by atoms with E-state index in [1.165, 1.54) is 47.7 Å². The first-order chi connectivity index (χ1) is 9.70. The average molecular weight is 338 g/mol. The molecule has 1 unspecified atom stereocenters. The monoisotopic (exact) mass is 337 g/mol. The third-order valence-corrected chi connectivity index (χ3v) is 4.72. The molecule has 20 heavy (non-hydrogen) atoms. The summed E-state index contributed by atoms with van der Waals surface area (Å²) in [5.41, 5.74) is 2.72. The smallest absolute Gasteiger partial charge is 0.0331 e. The Morgan fingerprint density at radius 2 is 2.10 bits per heavy atom. The van der Waals surface area contributed by atoms with Gasteiger partial charge in [0.05, 0.1) is 0 Å². The highest BCUT2D eigenvalue weighted by Gasteiger charge is 2.14. The maximum absolute atomic E-state index is 3.78. The van der Waals surface area contributed by atoms with Crippen LogP contribution in [0, 0.1) is 6.92 Å². The number of rotatable bonds is 10. The van der Waals surface area contributed by atoms with Gasteiger partial charge in [0, 0.05) is 10.5 Å². The van der Waals surface area contributed by atoms with Crippen LogP contribution in [0.25, 0.3) is 0 Å². The van der Waals surface area contributed by atoms with Gasteiger partial charge in [-0.1, -0.05) is 60.0 Å². The Morgan fingerprint density at radius 1 is 1.30 bits per heavy atom. The van der Waals surface area contributed by atoms with Gasteiger partial charge in [0.1, 0.15) is 0 Å². The molecule has 0 spiro atoms. The standard InChI is InChI=1S/C18H28BrN/c1-4-6-7-8-9-13-17(20-14-5-2)16-12-10-11-15(3)18(16)19/h4,10-12,17,20H,1,5-9,13-14H2,2-3H3. The third kappa shape index (κ3) is 5.80. The van der Waals surface area contributed by atoms with E-state index in [9.17, 15) is 0 Å². The minimum Gasteiger partial charge on any atom is -0.310 e. The van der Waals surface area contributed by atoms with Crippen molar-refractivity contribution in [2.45, 2.75) is 58.4 Å². The van der Waals surface area contributed by atoms with Crippen LogP contribution in [0.15, 0.2) is 35.3 Å². The molecular weight excluding hydrogens is 310 g/mol. The fourth-order valence-electron chi connectivity index (χ4n) is 2.44. The van der Waals surface area contributed by atoms with Gasteiger partial charge in [-0.05, 0) is 50.3 Å². The summed E-state index contributed by atoms with van der Waals surface area (Å²) in [5.74, 6) is 0. The van der Waals surface area contributed by atoms with Crippen LogP contribution in [0.4, 0.5) is 0 Å². The van der Waals surface area contributed by atoms with E-state index >= 15 is 0 Å². The minimum absolute atomic E-state index is 0.466. The van der Waals surface area contributed by atoms with Crippen LogP contribution in [0.2, 0.25) is 0 Å². The minimum atomic E-state index is 0.466. The summed E-state index contributed by atoms with van der Waals surface area (Å²) >= 11 is 3.75. The molecule has 0 aliphatic carbocycles. The van der Waals surface area contributed by atoms with E-state index in [0.717, 1.165) is 13.0 Å². The van der Waals surface area contributed by atoms with Gasteiger partial charge in [0.25, 0.3) is 0 Å². The molecule has 112 valence electrons. The topological polar surface area (TPSA) is 12.0 Å². The van der Waals surface area contributed by atoms with E-state index in [2.05, 4.69) is 59.9 Å². The van der Waals surface area contributed by atoms with Crippen molar-refractivity contribution in [3.8, 4) is 0 Å². The lowest BCUT2D eigenvalue weighted by Gasteiger charge is -2.21. The normalized spacial score (nSPS) is 12.3. The summed E-state index contributed by atoms with van der Waals surface area (Å²) in [6.07, 6.45) is 9.37. The number of nitrogens with one attached hydrogen (secondary N) is 1. The molecule has 0 heterocycles. The predicted molar refractivity (Wildman–Crippen MR) is 93.2 cm³/mol. The van der Waals surface area contributed by atoms with Crippen molar-refractivity contribution in [3.05, 3.63) is 46.5 Å². The van der Waals surface area contributed by atoms with E-state index in [4.69, 9.17) is 0 Å². The molecule has 0 radical (unpaired) electrons. The number of benzene rings is 1. The highest BCUT2D eigenvalue weighted by Crippen LogP contribution is 2.29. The van der Waals surface area contributed by atoms with Gasteiger partial charge in [0.2, 0.25) is 0 Å². The molecule has 1 aromatic rings. The largest absolute Gasteiger partial charge is 0.310 e. The number of aryl methyl sites for hydroxylation is 1. The van der Waals surface area contributed by atoms with Crippen molar-refractivity contribution < 1.29 is 0 Å². The van der Waals surface area contributed by atoms with E-state index in [0.29, 0.717) is 6.04 Å². The Hall–Kier alpha value is -0.600. The molecule has 0 aromatic heterocycles. The molecule has 1 atom stereocenters. The lowest BCUT2D eigenvalue weighted by atomic mass is 9.98. The van der Waals surface area contributed by atoms with Crippen LogP contribution in [0.1, 0.15) is 62.6 Å². The molecule has 1 nitrogen and oxygen atoms in total. The molecular formula is C18H28BrN. The number of hydrogen-bond donors (Lipinski definition) is 1. The molecule has 0 fully saturated rings. The van der Waals surface area contributed by atoms with Gasteiger partial charge < -0.3 is 5.32 Å². The highest BCUT2D eigenvalue weighted by atomic mass is 79.9. The van der Waals surface area contributed by atoms with Crippen molar-refractivity contribution in [1.29, 1.82) is 0 Å². The van der Waals surface area contributed by atoms with E-state index in [1.807, 2.05) is 6.08 Å². The fraction of sp³-hybridized carbons (Fsp3) is 0.556. The van der Waals surface area contributed by atoms with E-state index in [-0.39, 0.29) is 0 Å². The zero-order valence-electron chi connectivity index (χ0n) is 12.9. The Morgan fingerprint density at radius 3 is 2.80 bits per heavy atom. The molecule has 1 N–H and O–H groups in total. The molecule has 0 aliphatic rings. The van der Waals surface area contributed by atoms with Gasteiger partial charge in [0.15, 0.2) is 0 Å². The second-order valence-electron chi connectivity index (χ2n) is 5.41. The Kier molecular flexibility index (Phi) is 8.88. The molecule has 1 rings (SSSR count). The first-order valence-electron chi connectivity index (χ1n) is 7.80. The second-order valence-corrected chi connectivity index (χ2v) is 6.20. The van der Waals surface area contributed by atoms with Crippen LogP contribution in [0.5, 0.6) is 0 Å². The van der Waals surface area contributed by atoms with Crippen molar-refractivity contribution in [2.75, 3.05) is 6.54 Å². The molecule has 1 aromatic carbocycles. The Balaban J connectivity index is 2.63. The molecule has 0 amide bonds. The number of halogens is 1. The first kappa shape index (κ1) is 17.5. The quantitative estimate of drug-likeness (QED) is 0.411. The first-order valence-corrected chi connectivity index (χ1v) is 8.59. The van der Waals surface area contributed by atoms with Crippen LogP contribution in [0.3, 0.4) is 0 Å². The molecule has 0 aliphatic heterocycles. The van der Waals surface area contributed by atoms with Crippen LogP contribution >= 0.6 is 15.9 Å². The number of allylic oxidation sites excluding steroid dienone is 1. The number of unbranched alkanes of at least 4 members (excludes halogenated alkanes) is 3. The summed E-state index contributed by atoms with van der Waals surface area (Å²) in [7, 11) is 0.